The Morgan fingerprint density at radius 1 is 1.19 bits per heavy atom. The fraction of sp³-hybridized carbons (Fsp3) is 0.600. The number of guanidine groups is 1. The monoisotopic (exact) mass is 472 g/mol. The first kappa shape index (κ1) is 22.7. The van der Waals surface area contributed by atoms with Crippen LogP contribution in [0.2, 0.25) is 0 Å². The molecule has 26 heavy (non-hydrogen) atoms. The molecule has 0 saturated carbocycles. The van der Waals surface area contributed by atoms with Gasteiger partial charge in [0.2, 0.25) is 5.91 Å². The third-order valence-corrected chi connectivity index (χ3v) is 4.86. The minimum Gasteiger partial charge on any atom is -0.359 e. The fourth-order valence-electron chi connectivity index (χ4n) is 3.58. The zero-order valence-electron chi connectivity index (χ0n) is 16.5. The molecule has 0 aromatic heterocycles. The van der Waals surface area contributed by atoms with E-state index in [1.807, 2.05) is 7.05 Å². The lowest BCUT2D eigenvalue weighted by Crippen LogP contribution is -2.46. The number of likely N-dealkylation sites (tertiary alicyclic amines) is 1. The van der Waals surface area contributed by atoms with Crippen LogP contribution in [0.5, 0.6) is 0 Å². The second-order valence-corrected chi connectivity index (χ2v) is 7.03. The average Bonchev–Trinajstić information content (AvgIpc) is 2.59. The molecule has 0 bridgehead atoms. The Hall–Kier alpha value is -1.31. The summed E-state index contributed by atoms with van der Waals surface area (Å²) in [7, 11) is 3.55. The maximum atomic E-state index is 11.5. The van der Waals surface area contributed by atoms with Gasteiger partial charge in [-0.3, -0.25) is 9.79 Å². The quantitative estimate of drug-likeness (QED) is 0.394. The molecule has 2 N–H and O–H groups in total. The maximum absolute atomic E-state index is 11.5. The van der Waals surface area contributed by atoms with E-state index in [-0.39, 0.29) is 29.9 Å². The number of carbonyl (C=O) groups is 1. The third kappa shape index (κ3) is 7.13. The van der Waals surface area contributed by atoms with Gasteiger partial charge in [0.1, 0.15) is 0 Å². The summed E-state index contributed by atoms with van der Waals surface area (Å²) in [5, 5.41) is 6.21. The molecule has 1 aliphatic rings. The summed E-state index contributed by atoms with van der Waals surface area (Å²) in [6, 6.07) is 6.71. The molecule has 1 aromatic carbocycles. The number of nitrogens with zero attached hydrogens (tertiary/aromatic N) is 2. The van der Waals surface area contributed by atoms with Crippen LogP contribution in [0.1, 0.15) is 36.0 Å². The minimum atomic E-state index is 0. The fourth-order valence-corrected chi connectivity index (χ4v) is 3.58. The van der Waals surface area contributed by atoms with Crippen molar-refractivity contribution < 1.29 is 4.79 Å². The molecule has 6 heteroatoms. The molecule has 1 aromatic rings. The number of halogens is 1. The van der Waals surface area contributed by atoms with E-state index < -0.39 is 0 Å². The number of aryl methyl sites for hydroxylation is 2. The third-order valence-electron chi connectivity index (χ3n) is 4.86. The van der Waals surface area contributed by atoms with Gasteiger partial charge in [-0.2, -0.15) is 0 Å². The van der Waals surface area contributed by atoms with Crippen molar-refractivity contribution in [3.63, 3.8) is 0 Å². The summed E-state index contributed by atoms with van der Waals surface area (Å²) in [5.74, 6) is 1.61. The Morgan fingerprint density at radius 2 is 1.81 bits per heavy atom. The van der Waals surface area contributed by atoms with Crippen molar-refractivity contribution >= 4 is 35.8 Å². The molecule has 146 valence electrons. The number of aliphatic imine (C=N–C) groups is 1. The van der Waals surface area contributed by atoms with Crippen molar-refractivity contribution in [1.82, 2.24) is 15.5 Å². The average molecular weight is 472 g/mol. The molecular weight excluding hydrogens is 439 g/mol. The largest absolute Gasteiger partial charge is 0.359 e. The van der Waals surface area contributed by atoms with Gasteiger partial charge in [0.25, 0.3) is 0 Å². The van der Waals surface area contributed by atoms with Gasteiger partial charge in [-0.25, -0.2) is 0 Å². The summed E-state index contributed by atoms with van der Waals surface area (Å²) in [5.41, 5.74) is 4.00. The Morgan fingerprint density at radius 3 is 2.35 bits per heavy atom. The molecule has 1 amide bonds. The van der Waals surface area contributed by atoms with Crippen LogP contribution in [0.15, 0.2) is 23.2 Å². The van der Waals surface area contributed by atoms with E-state index in [4.69, 9.17) is 0 Å². The topological polar surface area (TPSA) is 56.7 Å². The van der Waals surface area contributed by atoms with E-state index in [1.54, 1.807) is 7.05 Å². The van der Waals surface area contributed by atoms with E-state index in [0.717, 1.165) is 44.9 Å². The van der Waals surface area contributed by atoms with Gasteiger partial charge < -0.3 is 15.5 Å². The highest BCUT2D eigenvalue weighted by molar-refractivity contribution is 14.0. The normalized spacial score (nSPS) is 15.4. The summed E-state index contributed by atoms with van der Waals surface area (Å²) < 4.78 is 0. The molecule has 1 fully saturated rings. The SMILES string of the molecule is CN=C(NCCc1cc(C)cc(C)c1)N1CCC(CC(=O)NC)CC1.I. The second-order valence-electron chi connectivity index (χ2n) is 7.03. The number of benzene rings is 1. The van der Waals surface area contributed by atoms with Crippen LogP contribution in [0.4, 0.5) is 0 Å². The molecule has 0 radical (unpaired) electrons. The van der Waals surface area contributed by atoms with E-state index in [9.17, 15) is 4.79 Å². The van der Waals surface area contributed by atoms with Crippen molar-refractivity contribution in [1.29, 1.82) is 0 Å². The summed E-state index contributed by atoms with van der Waals surface area (Å²) in [4.78, 5) is 18.3. The summed E-state index contributed by atoms with van der Waals surface area (Å²) in [6.45, 7) is 7.10. The van der Waals surface area contributed by atoms with E-state index >= 15 is 0 Å². The molecule has 0 aliphatic carbocycles. The number of hydrogen-bond acceptors (Lipinski definition) is 2. The molecule has 1 heterocycles. The molecule has 1 saturated heterocycles. The van der Waals surface area contributed by atoms with Crippen LogP contribution in [-0.4, -0.2) is 50.5 Å². The molecular formula is C20H33IN4O. The lowest BCUT2D eigenvalue weighted by Gasteiger charge is -2.34. The van der Waals surface area contributed by atoms with Gasteiger partial charge >= 0.3 is 0 Å². The molecule has 0 atom stereocenters. The molecule has 0 spiro atoms. The standard InChI is InChI=1S/C20H32N4O.HI/c1-15-11-16(2)13-18(12-15)5-8-23-20(22-4)24-9-6-17(7-10-24)14-19(25)21-3;/h11-13,17H,5-10,14H2,1-4H3,(H,21,25)(H,22,23);1H. The van der Waals surface area contributed by atoms with Gasteiger partial charge in [0.15, 0.2) is 5.96 Å². The van der Waals surface area contributed by atoms with Crippen LogP contribution < -0.4 is 10.6 Å². The number of hydrogen-bond donors (Lipinski definition) is 2. The van der Waals surface area contributed by atoms with Gasteiger partial charge in [0, 0.05) is 40.2 Å². The van der Waals surface area contributed by atoms with Crippen molar-refractivity contribution in [2.45, 2.75) is 39.5 Å². The highest BCUT2D eigenvalue weighted by atomic mass is 127. The van der Waals surface area contributed by atoms with Gasteiger partial charge in [-0.15, -0.1) is 24.0 Å². The molecule has 0 unspecified atom stereocenters. The van der Waals surface area contributed by atoms with Crippen LogP contribution in [0.25, 0.3) is 0 Å². The van der Waals surface area contributed by atoms with E-state index in [2.05, 4.69) is 52.6 Å². The number of piperidine rings is 1. The lowest BCUT2D eigenvalue weighted by molar-refractivity contribution is -0.121. The zero-order valence-corrected chi connectivity index (χ0v) is 18.8. The molecule has 1 aliphatic heterocycles. The van der Waals surface area contributed by atoms with Gasteiger partial charge in [0.05, 0.1) is 0 Å². The van der Waals surface area contributed by atoms with Crippen LogP contribution in [-0.2, 0) is 11.2 Å². The highest BCUT2D eigenvalue weighted by Crippen LogP contribution is 2.20. The molecule has 2 rings (SSSR count). The predicted molar refractivity (Wildman–Crippen MR) is 119 cm³/mol. The Labute approximate surface area is 175 Å². The second kappa shape index (κ2) is 11.4. The Balaban J connectivity index is 0.00000338. The van der Waals surface area contributed by atoms with Crippen LogP contribution in [0, 0.1) is 19.8 Å². The van der Waals surface area contributed by atoms with Crippen molar-refractivity contribution in [2.24, 2.45) is 10.9 Å². The smallest absolute Gasteiger partial charge is 0.220 e. The van der Waals surface area contributed by atoms with Crippen LogP contribution in [0.3, 0.4) is 0 Å². The first-order chi connectivity index (χ1) is 12.0. The Kier molecular flexibility index (Phi) is 9.98. The van der Waals surface area contributed by atoms with E-state index in [1.165, 1.54) is 16.7 Å². The van der Waals surface area contributed by atoms with E-state index in [0.29, 0.717) is 12.3 Å². The Bertz CT molecular complexity index is 590. The van der Waals surface area contributed by atoms with Crippen molar-refractivity contribution in [3.8, 4) is 0 Å². The number of rotatable bonds is 5. The summed E-state index contributed by atoms with van der Waals surface area (Å²) >= 11 is 0. The maximum Gasteiger partial charge on any atom is 0.220 e. The lowest BCUT2D eigenvalue weighted by atomic mass is 9.93. The van der Waals surface area contributed by atoms with Crippen molar-refractivity contribution in [3.05, 3.63) is 34.9 Å². The van der Waals surface area contributed by atoms with Crippen LogP contribution >= 0.6 is 24.0 Å². The highest BCUT2D eigenvalue weighted by Gasteiger charge is 2.22. The van der Waals surface area contributed by atoms with Gasteiger partial charge in [-0.05, 0) is 44.6 Å². The number of amides is 1. The predicted octanol–water partition coefficient (Wildman–Crippen LogP) is 2.89. The first-order valence-corrected chi connectivity index (χ1v) is 9.25. The van der Waals surface area contributed by atoms with Gasteiger partial charge in [-0.1, -0.05) is 29.3 Å². The number of carbonyl (C=O) groups excluding carboxylic acids is 1. The first-order valence-electron chi connectivity index (χ1n) is 9.25. The zero-order chi connectivity index (χ0) is 18.2. The summed E-state index contributed by atoms with van der Waals surface area (Å²) in [6.07, 6.45) is 3.73. The number of nitrogens with one attached hydrogen (secondary N) is 2. The van der Waals surface area contributed by atoms with Crippen molar-refractivity contribution in [2.75, 3.05) is 33.7 Å². The molecule has 5 nitrogen and oxygen atoms in total. The minimum absolute atomic E-state index is 0.